The molecule has 1 aromatic carbocycles. The Kier molecular flexibility index (Phi) is 8.81. The van der Waals surface area contributed by atoms with E-state index in [1.165, 1.54) is 12.3 Å². The van der Waals surface area contributed by atoms with Crippen molar-refractivity contribution >= 4 is 29.9 Å². The molecule has 2 heterocycles. The third-order valence-electron chi connectivity index (χ3n) is 4.01. The lowest BCUT2D eigenvalue weighted by Gasteiger charge is -2.12. The number of hydrogen-bond acceptors (Lipinski definition) is 5. The maximum absolute atomic E-state index is 12.1. The van der Waals surface area contributed by atoms with Crippen LogP contribution in [0.1, 0.15) is 11.1 Å². The van der Waals surface area contributed by atoms with Gasteiger partial charge in [-0.15, -0.1) is 24.0 Å². The number of nitrogens with zero attached hydrogens (tertiary/aromatic N) is 2. The zero-order valence-corrected chi connectivity index (χ0v) is 18.5. The number of pyridine rings is 1. The lowest BCUT2D eigenvalue weighted by Crippen LogP contribution is -2.37. The largest absolute Gasteiger partial charge is 0.468 e. The topological polar surface area (TPSA) is 77.0 Å². The average Bonchev–Trinajstić information content (AvgIpc) is 3.17. The molecule has 1 aliphatic rings. The number of fused-ring (bicyclic) bond motifs is 1. The summed E-state index contributed by atoms with van der Waals surface area (Å²) in [4.78, 5) is 8.02. The SMILES string of the molecule is CN=C(NCCc1ccc2c(c1)OCO2)NCc1ccc(OCC(F)(F)F)nc1.I. The monoisotopic (exact) mass is 538 g/mol. The first-order valence-electron chi connectivity index (χ1n) is 8.90. The summed E-state index contributed by atoms with van der Waals surface area (Å²) in [6, 6.07) is 8.87. The van der Waals surface area contributed by atoms with Crippen LogP contribution in [0.15, 0.2) is 41.5 Å². The second-order valence-corrected chi connectivity index (χ2v) is 6.20. The van der Waals surface area contributed by atoms with Crippen LogP contribution in [0.25, 0.3) is 0 Å². The van der Waals surface area contributed by atoms with Crippen LogP contribution in [0.5, 0.6) is 17.4 Å². The smallest absolute Gasteiger partial charge is 0.422 e. The van der Waals surface area contributed by atoms with Crippen molar-refractivity contribution in [2.24, 2.45) is 4.99 Å². The lowest BCUT2D eigenvalue weighted by atomic mass is 10.1. The van der Waals surface area contributed by atoms with Gasteiger partial charge in [0.1, 0.15) is 0 Å². The van der Waals surface area contributed by atoms with Gasteiger partial charge in [-0.2, -0.15) is 13.2 Å². The molecule has 164 valence electrons. The van der Waals surface area contributed by atoms with Crippen molar-refractivity contribution in [1.82, 2.24) is 15.6 Å². The van der Waals surface area contributed by atoms with Crippen LogP contribution >= 0.6 is 24.0 Å². The highest BCUT2D eigenvalue weighted by Crippen LogP contribution is 2.32. The van der Waals surface area contributed by atoms with Crippen LogP contribution in [0, 0.1) is 0 Å². The maximum atomic E-state index is 12.1. The summed E-state index contributed by atoms with van der Waals surface area (Å²) in [7, 11) is 1.65. The molecule has 0 atom stereocenters. The van der Waals surface area contributed by atoms with E-state index in [2.05, 4.69) is 25.3 Å². The number of rotatable bonds is 7. The van der Waals surface area contributed by atoms with Gasteiger partial charge in [-0.3, -0.25) is 4.99 Å². The molecule has 0 spiro atoms. The van der Waals surface area contributed by atoms with E-state index in [4.69, 9.17) is 9.47 Å². The third kappa shape index (κ3) is 7.43. The average molecular weight is 538 g/mol. The van der Waals surface area contributed by atoms with Gasteiger partial charge in [-0.25, -0.2) is 4.98 Å². The molecule has 0 saturated heterocycles. The van der Waals surface area contributed by atoms with Gasteiger partial charge in [0.25, 0.3) is 0 Å². The molecule has 1 aliphatic heterocycles. The lowest BCUT2D eigenvalue weighted by molar-refractivity contribution is -0.154. The highest BCUT2D eigenvalue weighted by Gasteiger charge is 2.28. The van der Waals surface area contributed by atoms with Crippen molar-refractivity contribution in [1.29, 1.82) is 0 Å². The molecule has 3 rings (SSSR count). The molecule has 0 bridgehead atoms. The van der Waals surface area contributed by atoms with Crippen LogP contribution in [0.4, 0.5) is 13.2 Å². The molecule has 0 aliphatic carbocycles. The quantitative estimate of drug-likeness (QED) is 0.320. The summed E-state index contributed by atoms with van der Waals surface area (Å²) < 4.78 is 51.7. The van der Waals surface area contributed by atoms with E-state index < -0.39 is 12.8 Å². The van der Waals surface area contributed by atoms with Crippen molar-refractivity contribution in [3.8, 4) is 17.4 Å². The Bertz CT molecular complexity index is 848. The van der Waals surface area contributed by atoms with E-state index in [0.717, 1.165) is 29.0 Å². The number of hydrogen-bond donors (Lipinski definition) is 2. The Balaban J connectivity index is 0.00000320. The number of benzene rings is 1. The van der Waals surface area contributed by atoms with Crippen LogP contribution in [-0.4, -0.2) is 44.1 Å². The van der Waals surface area contributed by atoms with Crippen LogP contribution < -0.4 is 24.8 Å². The molecule has 2 aromatic rings. The number of aromatic nitrogens is 1. The van der Waals surface area contributed by atoms with Gasteiger partial charge in [-0.1, -0.05) is 12.1 Å². The molecular weight excluding hydrogens is 516 g/mol. The Morgan fingerprint density at radius 1 is 1.13 bits per heavy atom. The van der Waals surface area contributed by atoms with Crippen LogP contribution in [0.2, 0.25) is 0 Å². The minimum atomic E-state index is -4.39. The predicted molar refractivity (Wildman–Crippen MR) is 116 cm³/mol. The van der Waals surface area contributed by atoms with Crippen molar-refractivity contribution in [2.75, 3.05) is 27.0 Å². The highest BCUT2D eigenvalue weighted by molar-refractivity contribution is 14.0. The van der Waals surface area contributed by atoms with E-state index in [0.29, 0.717) is 19.0 Å². The van der Waals surface area contributed by atoms with Gasteiger partial charge >= 0.3 is 6.18 Å². The van der Waals surface area contributed by atoms with Crippen molar-refractivity contribution in [3.05, 3.63) is 47.7 Å². The highest BCUT2D eigenvalue weighted by atomic mass is 127. The van der Waals surface area contributed by atoms with Gasteiger partial charge in [0.2, 0.25) is 12.7 Å². The molecule has 1 aromatic heterocycles. The van der Waals surface area contributed by atoms with Gasteiger partial charge in [0, 0.05) is 32.4 Å². The van der Waals surface area contributed by atoms with E-state index >= 15 is 0 Å². The standard InChI is InChI=1S/C19H21F3N4O3.HI/c1-23-18(24-7-6-13-2-4-15-16(8-13)29-12-28-15)26-10-14-3-5-17(25-9-14)27-11-19(20,21)22;/h2-5,8-9H,6-7,10-12H2,1H3,(H2,23,24,26);1H. The molecule has 0 saturated carbocycles. The molecule has 11 heteroatoms. The minimum Gasteiger partial charge on any atom is -0.468 e. The Morgan fingerprint density at radius 2 is 1.90 bits per heavy atom. The maximum Gasteiger partial charge on any atom is 0.422 e. The number of guanidine groups is 1. The first kappa shape index (κ1) is 23.8. The summed E-state index contributed by atoms with van der Waals surface area (Å²) in [6.07, 6.45) is -2.16. The zero-order valence-electron chi connectivity index (χ0n) is 16.2. The number of ether oxygens (including phenoxy) is 3. The zero-order chi connectivity index (χ0) is 20.7. The van der Waals surface area contributed by atoms with E-state index in [9.17, 15) is 13.2 Å². The normalized spacial score (nSPS) is 12.9. The molecule has 2 N–H and O–H groups in total. The Labute approximate surface area is 189 Å². The number of nitrogens with one attached hydrogen (secondary N) is 2. The second kappa shape index (κ2) is 11.1. The summed E-state index contributed by atoms with van der Waals surface area (Å²) in [5, 5.41) is 6.32. The van der Waals surface area contributed by atoms with Crippen LogP contribution in [0.3, 0.4) is 0 Å². The number of aliphatic imine (C=N–C) groups is 1. The fourth-order valence-corrected chi connectivity index (χ4v) is 2.58. The summed E-state index contributed by atoms with van der Waals surface area (Å²) in [5.41, 5.74) is 1.89. The molecule has 30 heavy (non-hydrogen) atoms. The fraction of sp³-hybridized carbons (Fsp3) is 0.368. The Hall–Kier alpha value is -2.44. The molecular formula is C19H22F3IN4O3. The van der Waals surface area contributed by atoms with E-state index in [-0.39, 0.29) is 36.6 Å². The predicted octanol–water partition coefficient (Wildman–Crippen LogP) is 3.28. The van der Waals surface area contributed by atoms with Crippen molar-refractivity contribution < 1.29 is 27.4 Å². The first-order chi connectivity index (χ1) is 13.9. The number of halogens is 4. The van der Waals surface area contributed by atoms with E-state index in [1.54, 1.807) is 13.1 Å². The fourth-order valence-electron chi connectivity index (χ4n) is 2.58. The molecule has 0 unspecified atom stereocenters. The number of alkyl halides is 3. The summed E-state index contributed by atoms with van der Waals surface area (Å²) in [6.45, 7) is -0.0482. The van der Waals surface area contributed by atoms with Crippen LogP contribution in [-0.2, 0) is 13.0 Å². The second-order valence-electron chi connectivity index (χ2n) is 6.20. The van der Waals surface area contributed by atoms with Gasteiger partial charge in [-0.05, 0) is 29.7 Å². The first-order valence-corrected chi connectivity index (χ1v) is 8.90. The Morgan fingerprint density at radius 3 is 2.60 bits per heavy atom. The summed E-state index contributed by atoms with van der Waals surface area (Å²) in [5.74, 6) is 2.03. The van der Waals surface area contributed by atoms with E-state index in [1.807, 2.05) is 18.2 Å². The minimum absolute atomic E-state index is 0. The van der Waals surface area contributed by atoms with Crippen molar-refractivity contribution in [2.45, 2.75) is 19.1 Å². The van der Waals surface area contributed by atoms with Crippen molar-refractivity contribution in [3.63, 3.8) is 0 Å². The molecule has 7 nitrogen and oxygen atoms in total. The molecule has 0 radical (unpaired) electrons. The molecule has 0 amide bonds. The molecule has 0 fully saturated rings. The summed E-state index contributed by atoms with van der Waals surface area (Å²) >= 11 is 0. The van der Waals surface area contributed by atoms with Gasteiger partial charge < -0.3 is 24.8 Å². The van der Waals surface area contributed by atoms with Gasteiger partial charge in [0.15, 0.2) is 24.1 Å². The third-order valence-corrected chi connectivity index (χ3v) is 4.01. The van der Waals surface area contributed by atoms with Gasteiger partial charge in [0.05, 0.1) is 0 Å².